The number of nitrogens with one attached hydrogen (secondary N) is 1. The summed E-state index contributed by atoms with van der Waals surface area (Å²) in [5, 5.41) is 3.36. The molecule has 2 saturated carbocycles. The number of benzene rings is 1. The molecule has 1 aromatic rings. The maximum atomic E-state index is 12.9. The Labute approximate surface area is 175 Å². The van der Waals surface area contributed by atoms with Crippen LogP contribution in [0.4, 0.5) is 5.69 Å². The molecule has 2 bridgehead atoms. The number of ether oxygens (including phenoxy) is 1. The molecular formula is C24H37N3O2. The van der Waals surface area contributed by atoms with Crippen molar-refractivity contribution in [3.63, 3.8) is 0 Å². The lowest BCUT2D eigenvalue weighted by atomic mass is 9.84. The molecule has 1 saturated heterocycles. The highest BCUT2D eigenvalue weighted by atomic mass is 16.5. The van der Waals surface area contributed by atoms with Crippen molar-refractivity contribution in [1.82, 2.24) is 10.2 Å². The average Bonchev–Trinajstić information content (AvgIpc) is 3.38. The molecule has 160 valence electrons. The van der Waals surface area contributed by atoms with Gasteiger partial charge in [-0.25, -0.2) is 0 Å². The third kappa shape index (κ3) is 4.40. The van der Waals surface area contributed by atoms with Gasteiger partial charge in [0.25, 0.3) is 0 Å². The topological polar surface area (TPSA) is 44.8 Å². The zero-order valence-electron chi connectivity index (χ0n) is 18.3. The van der Waals surface area contributed by atoms with Crippen LogP contribution in [0.2, 0.25) is 0 Å². The first-order valence-electron chi connectivity index (χ1n) is 11.6. The Balaban J connectivity index is 1.28. The maximum absolute atomic E-state index is 12.9. The molecule has 1 amide bonds. The minimum Gasteiger partial charge on any atom is -0.492 e. The Kier molecular flexibility index (Phi) is 6.33. The lowest BCUT2D eigenvalue weighted by molar-refractivity contribution is -0.127. The maximum Gasteiger partial charge on any atom is 0.237 e. The van der Waals surface area contributed by atoms with Crippen molar-refractivity contribution in [2.75, 3.05) is 37.7 Å². The summed E-state index contributed by atoms with van der Waals surface area (Å²) < 4.78 is 5.80. The molecular weight excluding hydrogens is 362 g/mol. The van der Waals surface area contributed by atoms with E-state index in [4.69, 9.17) is 4.74 Å². The first kappa shape index (κ1) is 20.5. The summed E-state index contributed by atoms with van der Waals surface area (Å²) in [6, 6.07) is 8.50. The molecule has 3 fully saturated rings. The van der Waals surface area contributed by atoms with Gasteiger partial charge in [0.05, 0.1) is 18.3 Å². The van der Waals surface area contributed by atoms with Gasteiger partial charge in [0.2, 0.25) is 5.91 Å². The number of piperazine rings is 1. The minimum absolute atomic E-state index is 0.0691. The van der Waals surface area contributed by atoms with E-state index < -0.39 is 0 Å². The van der Waals surface area contributed by atoms with Crippen molar-refractivity contribution in [3.8, 4) is 5.75 Å². The van der Waals surface area contributed by atoms with Crippen LogP contribution in [-0.4, -0.2) is 55.7 Å². The molecule has 1 heterocycles. The van der Waals surface area contributed by atoms with Crippen molar-refractivity contribution >= 4 is 11.6 Å². The second-order valence-corrected chi connectivity index (χ2v) is 9.24. The Morgan fingerprint density at radius 2 is 1.90 bits per heavy atom. The largest absolute Gasteiger partial charge is 0.492 e. The number of hydrogen-bond acceptors (Lipinski definition) is 4. The molecule has 5 atom stereocenters. The van der Waals surface area contributed by atoms with Crippen LogP contribution >= 0.6 is 0 Å². The fraction of sp³-hybridized carbons (Fsp3) is 0.708. The molecule has 3 aliphatic rings. The first-order valence-corrected chi connectivity index (χ1v) is 11.6. The van der Waals surface area contributed by atoms with E-state index in [2.05, 4.69) is 41.1 Å². The number of nitrogens with zero attached hydrogens (tertiary/aromatic N) is 2. The van der Waals surface area contributed by atoms with Gasteiger partial charge < -0.3 is 15.0 Å². The van der Waals surface area contributed by atoms with Crippen LogP contribution in [0, 0.1) is 17.8 Å². The van der Waals surface area contributed by atoms with Crippen molar-refractivity contribution in [2.45, 2.75) is 58.5 Å². The van der Waals surface area contributed by atoms with Gasteiger partial charge in [-0.1, -0.05) is 18.6 Å². The highest BCUT2D eigenvalue weighted by Crippen LogP contribution is 2.49. The van der Waals surface area contributed by atoms with Crippen molar-refractivity contribution < 1.29 is 9.53 Å². The molecule has 1 N–H and O–H groups in total. The molecule has 0 radical (unpaired) electrons. The van der Waals surface area contributed by atoms with Gasteiger partial charge in [-0.05, 0) is 69.9 Å². The number of hydrogen-bond donors (Lipinski definition) is 1. The third-order valence-electron chi connectivity index (χ3n) is 7.55. The minimum atomic E-state index is -0.0691. The lowest BCUT2D eigenvalue weighted by Crippen LogP contribution is -2.55. The Morgan fingerprint density at radius 3 is 2.55 bits per heavy atom. The summed E-state index contributed by atoms with van der Waals surface area (Å²) in [5.74, 6) is 3.61. The number of rotatable bonds is 7. The molecule has 4 rings (SSSR count). The predicted molar refractivity (Wildman–Crippen MR) is 117 cm³/mol. The molecule has 29 heavy (non-hydrogen) atoms. The summed E-state index contributed by atoms with van der Waals surface area (Å²) in [6.07, 6.45) is 5.50. The van der Waals surface area contributed by atoms with Gasteiger partial charge in [-0.2, -0.15) is 0 Å². The van der Waals surface area contributed by atoms with E-state index in [-0.39, 0.29) is 11.9 Å². The summed E-state index contributed by atoms with van der Waals surface area (Å²) in [5.41, 5.74) is 1.16. The van der Waals surface area contributed by atoms with Crippen LogP contribution in [0.15, 0.2) is 24.3 Å². The van der Waals surface area contributed by atoms with Crippen LogP contribution in [0.25, 0.3) is 0 Å². The fourth-order valence-electron chi connectivity index (χ4n) is 5.87. The smallest absolute Gasteiger partial charge is 0.237 e. The number of carbonyl (C=O) groups excluding carboxylic acids is 1. The molecule has 1 aromatic carbocycles. The molecule has 5 heteroatoms. The van der Waals surface area contributed by atoms with Crippen LogP contribution in [0.1, 0.15) is 46.5 Å². The van der Waals surface area contributed by atoms with Crippen molar-refractivity contribution in [3.05, 3.63) is 24.3 Å². The van der Waals surface area contributed by atoms with Gasteiger partial charge >= 0.3 is 0 Å². The summed E-state index contributed by atoms with van der Waals surface area (Å²) in [4.78, 5) is 17.6. The van der Waals surface area contributed by atoms with Gasteiger partial charge in [-0.15, -0.1) is 0 Å². The molecule has 0 aromatic heterocycles. The second kappa shape index (κ2) is 8.95. The van der Waals surface area contributed by atoms with E-state index in [1.54, 1.807) is 0 Å². The second-order valence-electron chi connectivity index (χ2n) is 9.24. The Hall–Kier alpha value is -1.75. The standard InChI is InChI=1S/C24H37N3O2/c1-4-29-23-8-6-5-7-22(23)27-13-11-26(12-14-27)18(3)24(28)25-17(2)21-16-19-9-10-20(21)15-19/h5-8,17-21H,4,9-16H2,1-3H3,(H,25,28). The predicted octanol–water partition coefficient (Wildman–Crippen LogP) is 3.54. The monoisotopic (exact) mass is 399 g/mol. The van der Waals surface area contributed by atoms with Gasteiger partial charge in [0.15, 0.2) is 0 Å². The van der Waals surface area contributed by atoms with E-state index in [9.17, 15) is 4.79 Å². The van der Waals surface area contributed by atoms with Crippen LogP contribution < -0.4 is 15.0 Å². The normalized spacial score (nSPS) is 28.9. The van der Waals surface area contributed by atoms with E-state index in [0.29, 0.717) is 18.6 Å². The number of amides is 1. The van der Waals surface area contributed by atoms with E-state index >= 15 is 0 Å². The third-order valence-corrected chi connectivity index (χ3v) is 7.55. The number of carbonyl (C=O) groups is 1. The quantitative estimate of drug-likeness (QED) is 0.762. The van der Waals surface area contributed by atoms with Gasteiger partial charge in [0, 0.05) is 32.2 Å². The zero-order valence-corrected chi connectivity index (χ0v) is 18.3. The number of para-hydroxylation sites is 2. The molecule has 2 aliphatic carbocycles. The van der Waals surface area contributed by atoms with Gasteiger partial charge in [0.1, 0.15) is 5.75 Å². The number of fused-ring (bicyclic) bond motifs is 2. The van der Waals surface area contributed by atoms with E-state index in [0.717, 1.165) is 49.5 Å². The summed E-state index contributed by atoms with van der Waals surface area (Å²) in [7, 11) is 0. The van der Waals surface area contributed by atoms with Crippen LogP contribution in [-0.2, 0) is 4.79 Å². The summed E-state index contributed by atoms with van der Waals surface area (Å²) in [6.45, 7) is 10.6. The highest BCUT2D eigenvalue weighted by molar-refractivity contribution is 5.81. The highest BCUT2D eigenvalue weighted by Gasteiger charge is 2.42. The number of anilines is 1. The van der Waals surface area contributed by atoms with Crippen molar-refractivity contribution in [1.29, 1.82) is 0 Å². The van der Waals surface area contributed by atoms with Gasteiger partial charge in [-0.3, -0.25) is 9.69 Å². The van der Waals surface area contributed by atoms with E-state index in [1.165, 1.54) is 25.7 Å². The lowest BCUT2D eigenvalue weighted by Gasteiger charge is -2.39. The summed E-state index contributed by atoms with van der Waals surface area (Å²) >= 11 is 0. The fourth-order valence-corrected chi connectivity index (χ4v) is 5.87. The molecule has 1 aliphatic heterocycles. The first-order chi connectivity index (χ1) is 14.1. The molecule has 5 nitrogen and oxygen atoms in total. The SMILES string of the molecule is CCOc1ccccc1N1CCN(C(C)C(=O)NC(C)C2CC3CCC2C3)CC1. The Bertz CT molecular complexity index is 701. The molecule has 0 spiro atoms. The Morgan fingerprint density at radius 1 is 1.14 bits per heavy atom. The van der Waals surface area contributed by atoms with Crippen LogP contribution in [0.5, 0.6) is 5.75 Å². The molecule has 5 unspecified atom stereocenters. The zero-order chi connectivity index (χ0) is 20.4. The van der Waals surface area contributed by atoms with Crippen molar-refractivity contribution in [2.24, 2.45) is 17.8 Å². The van der Waals surface area contributed by atoms with E-state index in [1.807, 2.05) is 19.1 Å². The average molecular weight is 400 g/mol. The van der Waals surface area contributed by atoms with Crippen LogP contribution in [0.3, 0.4) is 0 Å².